The van der Waals surface area contributed by atoms with Crippen LogP contribution in [0, 0.1) is 13.8 Å². The van der Waals surface area contributed by atoms with Gasteiger partial charge in [-0.3, -0.25) is 4.79 Å². The van der Waals surface area contributed by atoms with E-state index in [9.17, 15) is 9.90 Å². The Kier molecular flexibility index (Phi) is 4.26. The summed E-state index contributed by atoms with van der Waals surface area (Å²) < 4.78 is 0. The van der Waals surface area contributed by atoms with Gasteiger partial charge in [0, 0.05) is 16.8 Å². The Bertz CT molecular complexity index is 875. The van der Waals surface area contributed by atoms with Gasteiger partial charge in [0.05, 0.1) is 0 Å². The number of hydrogen-bond acceptors (Lipinski definition) is 3. The lowest BCUT2D eigenvalue weighted by molar-refractivity contribution is -0.103. The van der Waals surface area contributed by atoms with E-state index in [-0.39, 0.29) is 0 Å². The van der Waals surface area contributed by atoms with E-state index in [1.807, 2.05) is 50.3 Å². The molecule has 2 aromatic rings. The van der Waals surface area contributed by atoms with Crippen LogP contribution in [0.15, 0.2) is 48.0 Å². The Morgan fingerprint density at radius 3 is 2.58 bits per heavy atom. The molecule has 3 heteroatoms. The number of carbonyl (C=O) groups is 1. The average Bonchev–Trinajstić information content (AvgIpc) is 3.02. The summed E-state index contributed by atoms with van der Waals surface area (Å²) in [5.74, 6) is 0.296. The summed E-state index contributed by atoms with van der Waals surface area (Å²) in [7, 11) is 0. The van der Waals surface area contributed by atoms with Crippen LogP contribution in [0.1, 0.15) is 35.1 Å². The topological polar surface area (TPSA) is 63.3 Å². The van der Waals surface area contributed by atoms with Crippen LogP contribution >= 0.6 is 0 Å². The van der Waals surface area contributed by atoms with Gasteiger partial charge in [-0.25, -0.2) is 0 Å². The lowest BCUT2D eigenvalue weighted by Gasteiger charge is -2.08. The Hall–Kier alpha value is -2.81. The van der Waals surface area contributed by atoms with E-state index >= 15 is 0 Å². The number of aromatic hydroxyl groups is 1. The van der Waals surface area contributed by atoms with Crippen LogP contribution in [0.4, 0.5) is 5.69 Å². The SMILES string of the molecule is Cc1ccc(/C(C=O)=C2/C=C(c3ccc(C)c(O)c3)CC2)c(N)c1. The number of phenolic OH excluding ortho intramolecular Hbond substituents is 1. The summed E-state index contributed by atoms with van der Waals surface area (Å²) in [6.45, 7) is 3.85. The fourth-order valence-electron chi connectivity index (χ4n) is 3.11. The van der Waals surface area contributed by atoms with Crippen molar-refractivity contribution in [3.8, 4) is 5.75 Å². The lowest BCUT2D eigenvalue weighted by Crippen LogP contribution is -1.97. The third-order valence-corrected chi connectivity index (χ3v) is 4.55. The molecule has 0 radical (unpaired) electrons. The zero-order valence-electron chi connectivity index (χ0n) is 14.0. The Morgan fingerprint density at radius 1 is 1.12 bits per heavy atom. The zero-order chi connectivity index (χ0) is 17.3. The second-order valence-corrected chi connectivity index (χ2v) is 6.32. The molecule has 0 spiro atoms. The van der Waals surface area contributed by atoms with Crippen molar-refractivity contribution < 1.29 is 9.90 Å². The molecule has 0 aliphatic heterocycles. The monoisotopic (exact) mass is 319 g/mol. The molecule has 3 N–H and O–H groups in total. The molecule has 0 unspecified atom stereocenters. The molecular weight excluding hydrogens is 298 g/mol. The number of nitrogens with two attached hydrogens (primary N) is 1. The summed E-state index contributed by atoms with van der Waals surface area (Å²) in [4.78, 5) is 11.7. The largest absolute Gasteiger partial charge is 0.508 e. The molecule has 0 amide bonds. The first-order valence-corrected chi connectivity index (χ1v) is 8.05. The number of phenols is 1. The van der Waals surface area contributed by atoms with Crippen LogP contribution in [0.2, 0.25) is 0 Å². The molecule has 1 aliphatic carbocycles. The van der Waals surface area contributed by atoms with Crippen molar-refractivity contribution >= 4 is 23.1 Å². The molecule has 3 nitrogen and oxygen atoms in total. The minimum Gasteiger partial charge on any atom is -0.508 e. The minimum absolute atomic E-state index is 0.296. The molecule has 0 fully saturated rings. The van der Waals surface area contributed by atoms with Gasteiger partial charge in [0.2, 0.25) is 0 Å². The van der Waals surface area contributed by atoms with Gasteiger partial charge in [-0.1, -0.05) is 30.3 Å². The van der Waals surface area contributed by atoms with Crippen LogP contribution in [-0.4, -0.2) is 11.4 Å². The Balaban J connectivity index is 2.04. The number of rotatable bonds is 3. The number of aldehydes is 1. The molecule has 122 valence electrons. The third-order valence-electron chi connectivity index (χ3n) is 4.55. The maximum atomic E-state index is 11.7. The van der Waals surface area contributed by atoms with E-state index in [2.05, 4.69) is 0 Å². The Labute approximate surface area is 142 Å². The average molecular weight is 319 g/mol. The molecule has 0 atom stereocenters. The predicted molar refractivity (Wildman–Crippen MR) is 98.6 cm³/mol. The van der Waals surface area contributed by atoms with Gasteiger partial charge in [-0.2, -0.15) is 0 Å². The first kappa shape index (κ1) is 16.1. The number of aryl methyl sites for hydroxylation is 2. The molecule has 3 rings (SSSR count). The smallest absolute Gasteiger partial charge is 0.151 e. The highest BCUT2D eigenvalue weighted by Gasteiger charge is 2.17. The summed E-state index contributed by atoms with van der Waals surface area (Å²) in [6.07, 6.45) is 4.59. The quantitative estimate of drug-likeness (QED) is 0.500. The molecule has 24 heavy (non-hydrogen) atoms. The van der Waals surface area contributed by atoms with E-state index in [1.165, 1.54) is 0 Å². The molecule has 2 aromatic carbocycles. The van der Waals surface area contributed by atoms with Crippen molar-refractivity contribution in [3.05, 3.63) is 70.3 Å². The number of anilines is 1. The predicted octanol–water partition coefficient (Wildman–Crippen LogP) is 4.42. The van der Waals surface area contributed by atoms with Crippen molar-refractivity contribution in [2.24, 2.45) is 0 Å². The standard InChI is InChI=1S/C21H21NO2/c1-13-3-8-18(20(22)9-13)19(12-23)17-7-6-15(10-17)16-5-4-14(2)21(24)11-16/h3-5,8-12,24H,6-7,22H2,1-2H3/b19-17+. The number of carbonyl (C=O) groups excluding carboxylic acids is 1. The maximum Gasteiger partial charge on any atom is 0.151 e. The second kappa shape index (κ2) is 6.36. The maximum absolute atomic E-state index is 11.7. The molecule has 0 aromatic heterocycles. The molecule has 0 saturated carbocycles. The van der Waals surface area contributed by atoms with Crippen molar-refractivity contribution in [1.82, 2.24) is 0 Å². The van der Waals surface area contributed by atoms with E-state index in [0.717, 1.165) is 52.5 Å². The minimum atomic E-state index is 0.296. The molecule has 1 aliphatic rings. The van der Waals surface area contributed by atoms with Gasteiger partial charge in [-0.05, 0) is 66.7 Å². The van der Waals surface area contributed by atoms with Crippen LogP contribution < -0.4 is 5.73 Å². The van der Waals surface area contributed by atoms with Gasteiger partial charge in [0.15, 0.2) is 6.29 Å². The second-order valence-electron chi connectivity index (χ2n) is 6.32. The number of hydrogen-bond donors (Lipinski definition) is 2. The molecule has 0 bridgehead atoms. The van der Waals surface area contributed by atoms with E-state index < -0.39 is 0 Å². The van der Waals surface area contributed by atoms with Crippen LogP contribution in [0.25, 0.3) is 11.1 Å². The zero-order valence-corrected chi connectivity index (χ0v) is 14.0. The molecule has 0 saturated heterocycles. The summed E-state index contributed by atoms with van der Waals surface area (Å²) in [5.41, 5.74) is 13.2. The van der Waals surface area contributed by atoms with Gasteiger partial charge in [-0.15, -0.1) is 0 Å². The van der Waals surface area contributed by atoms with E-state index in [0.29, 0.717) is 17.0 Å². The van der Waals surface area contributed by atoms with Crippen LogP contribution in [0.5, 0.6) is 5.75 Å². The van der Waals surface area contributed by atoms with Crippen molar-refractivity contribution in [2.75, 3.05) is 5.73 Å². The highest BCUT2D eigenvalue weighted by molar-refractivity contribution is 6.11. The van der Waals surface area contributed by atoms with Crippen molar-refractivity contribution in [2.45, 2.75) is 26.7 Å². The van der Waals surface area contributed by atoms with Gasteiger partial charge in [0.1, 0.15) is 5.75 Å². The first-order valence-electron chi connectivity index (χ1n) is 8.05. The van der Waals surface area contributed by atoms with Crippen LogP contribution in [0.3, 0.4) is 0 Å². The van der Waals surface area contributed by atoms with Gasteiger partial charge >= 0.3 is 0 Å². The number of allylic oxidation sites excluding steroid dienone is 4. The summed E-state index contributed by atoms with van der Waals surface area (Å²) in [6, 6.07) is 11.5. The first-order chi connectivity index (χ1) is 11.5. The molecule has 0 heterocycles. The fourth-order valence-corrected chi connectivity index (χ4v) is 3.11. The highest BCUT2D eigenvalue weighted by atomic mass is 16.3. The normalized spacial score (nSPS) is 16.0. The Morgan fingerprint density at radius 2 is 1.92 bits per heavy atom. The van der Waals surface area contributed by atoms with Gasteiger partial charge < -0.3 is 10.8 Å². The molecular formula is C21H21NO2. The third kappa shape index (κ3) is 2.98. The van der Waals surface area contributed by atoms with Gasteiger partial charge in [0.25, 0.3) is 0 Å². The lowest BCUT2D eigenvalue weighted by atomic mass is 9.98. The fraction of sp³-hybridized carbons (Fsp3) is 0.190. The van der Waals surface area contributed by atoms with Crippen LogP contribution in [-0.2, 0) is 4.79 Å². The highest BCUT2D eigenvalue weighted by Crippen LogP contribution is 2.37. The summed E-state index contributed by atoms with van der Waals surface area (Å²) in [5, 5.41) is 9.91. The summed E-state index contributed by atoms with van der Waals surface area (Å²) >= 11 is 0. The number of nitrogen functional groups attached to an aromatic ring is 1. The van der Waals surface area contributed by atoms with E-state index in [1.54, 1.807) is 6.07 Å². The number of benzene rings is 2. The van der Waals surface area contributed by atoms with Crippen molar-refractivity contribution in [1.29, 1.82) is 0 Å². The van der Waals surface area contributed by atoms with E-state index in [4.69, 9.17) is 5.73 Å². The van der Waals surface area contributed by atoms with Crippen molar-refractivity contribution in [3.63, 3.8) is 0 Å².